The minimum Gasteiger partial charge on any atom is -0.497 e. The summed E-state index contributed by atoms with van der Waals surface area (Å²) in [6.07, 6.45) is 3.16. The van der Waals surface area contributed by atoms with Crippen molar-refractivity contribution in [1.82, 2.24) is 9.80 Å². The number of likely N-dealkylation sites (tertiary alicyclic amines) is 2. The van der Waals surface area contributed by atoms with E-state index in [1.807, 2.05) is 17.0 Å². The molecule has 2 saturated heterocycles. The molecule has 2 atom stereocenters. The maximum atomic E-state index is 12.5. The summed E-state index contributed by atoms with van der Waals surface area (Å²) in [6, 6.07) is 8.20. The molecule has 1 aromatic rings. The summed E-state index contributed by atoms with van der Waals surface area (Å²) in [7, 11) is 1.68. The van der Waals surface area contributed by atoms with Crippen molar-refractivity contribution in [2.75, 3.05) is 39.9 Å². The van der Waals surface area contributed by atoms with Gasteiger partial charge in [-0.2, -0.15) is 0 Å². The van der Waals surface area contributed by atoms with Crippen LogP contribution in [0.25, 0.3) is 0 Å². The Bertz CT molecular complexity index is 628. The largest absolute Gasteiger partial charge is 0.497 e. The van der Waals surface area contributed by atoms with Gasteiger partial charge in [0.2, 0.25) is 5.91 Å². The van der Waals surface area contributed by atoms with Gasteiger partial charge in [0.15, 0.2) is 0 Å². The summed E-state index contributed by atoms with van der Waals surface area (Å²) in [5.74, 6) is 1.90. The van der Waals surface area contributed by atoms with Gasteiger partial charge in [-0.25, -0.2) is 0 Å². The van der Waals surface area contributed by atoms with E-state index in [9.17, 15) is 9.90 Å². The number of rotatable bonds is 5. The van der Waals surface area contributed by atoms with Crippen LogP contribution >= 0.6 is 0 Å². The number of piperidine rings is 1. The second kappa shape index (κ2) is 6.61. The van der Waals surface area contributed by atoms with Crippen molar-refractivity contribution >= 4 is 5.91 Å². The molecule has 1 N–H and O–H groups in total. The lowest BCUT2D eigenvalue weighted by Crippen LogP contribution is -2.50. The molecule has 4 rings (SSSR count). The van der Waals surface area contributed by atoms with E-state index in [0.29, 0.717) is 11.8 Å². The van der Waals surface area contributed by atoms with Gasteiger partial charge < -0.3 is 14.7 Å². The van der Waals surface area contributed by atoms with Crippen molar-refractivity contribution in [2.45, 2.75) is 25.8 Å². The predicted octanol–water partition coefficient (Wildman–Crippen LogP) is 1.75. The van der Waals surface area contributed by atoms with Crippen molar-refractivity contribution in [3.05, 3.63) is 29.8 Å². The highest BCUT2D eigenvalue weighted by Gasteiger charge is 2.51. The molecule has 2 aliphatic heterocycles. The van der Waals surface area contributed by atoms with Crippen LogP contribution in [0.1, 0.15) is 24.8 Å². The summed E-state index contributed by atoms with van der Waals surface area (Å²) in [5, 5.41) is 10.2. The van der Waals surface area contributed by atoms with E-state index < -0.39 is 0 Å². The molecular weight excluding hydrogens is 316 g/mol. The highest BCUT2D eigenvalue weighted by atomic mass is 16.5. The van der Waals surface area contributed by atoms with Crippen LogP contribution in [0, 0.1) is 17.3 Å². The molecule has 2 unspecified atom stereocenters. The molecule has 1 aromatic carbocycles. The molecule has 0 bridgehead atoms. The topological polar surface area (TPSA) is 53.0 Å². The zero-order chi connectivity index (χ0) is 17.4. The fourth-order valence-electron chi connectivity index (χ4n) is 4.58. The normalized spacial score (nSPS) is 29.5. The average Bonchev–Trinajstić information content (AvgIpc) is 3.42. The maximum absolute atomic E-state index is 12.5. The van der Waals surface area contributed by atoms with Gasteiger partial charge >= 0.3 is 0 Å². The number of aliphatic hydroxyl groups excluding tert-OH is 1. The summed E-state index contributed by atoms with van der Waals surface area (Å²) in [4.78, 5) is 16.9. The molecule has 1 saturated carbocycles. The van der Waals surface area contributed by atoms with Crippen molar-refractivity contribution in [1.29, 1.82) is 0 Å². The number of ether oxygens (including phenoxy) is 1. The van der Waals surface area contributed by atoms with Crippen molar-refractivity contribution in [3.63, 3.8) is 0 Å². The van der Waals surface area contributed by atoms with E-state index in [-0.39, 0.29) is 17.9 Å². The van der Waals surface area contributed by atoms with Gasteiger partial charge in [0.05, 0.1) is 13.7 Å². The molecule has 25 heavy (non-hydrogen) atoms. The van der Waals surface area contributed by atoms with Crippen LogP contribution in [0.4, 0.5) is 0 Å². The monoisotopic (exact) mass is 344 g/mol. The molecule has 3 aliphatic rings. The molecule has 1 aliphatic carbocycles. The first-order chi connectivity index (χ1) is 12.1. The number of hydrogen-bond acceptors (Lipinski definition) is 4. The van der Waals surface area contributed by atoms with Gasteiger partial charge in [0.25, 0.3) is 0 Å². The fraction of sp³-hybridized carbons (Fsp3) is 0.650. The molecule has 2 heterocycles. The molecule has 0 aromatic heterocycles. The Labute approximate surface area is 149 Å². The lowest BCUT2D eigenvalue weighted by atomic mass is 9.74. The fourth-order valence-corrected chi connectivity index (χ4v) is 4.58. The van der Waals surface area contributed by atoms with Crippen LogP contribution in [-0.2, 0) is 11.3 Å². The lowest BCUT2D eigenvalue weighted by molar-refractivity contribution is -0.132. The number of benzene rings is 1. The van der Waals surface area contributed by atoms with Gasteiger partial charge in [0, 0.05) is 37.5 Å². The Balaban J connectivity index is 1.43. The second-order valence-electron chi connectivity index (χ2n) is 8.06. The minimum absolute atomic E-state index is 0.144. The molecule has 5 heteroatoms. The van der Waals surface area contributed by atoms with E-state index in [1.54, 1.807) is 7.11 Å². The number of fused-ring (bicyclic) bond motifs is 1. The second-order valence-corrected chi connectivity index (χ2v) is 8.06. The van der Waals surface area contributed by atoms with E-state index in [0.717, 1.165) is 57.7 Å². The predicted molar refractivity (Wildman–Crippen MR) is 95.2 cm³/mol. The number of carbonyl (C=O) groups excluding carboxylic acids is 1. The van der Waals surface area contributed by atoms with Gasteiger partial charge in [-0.3, -0.25) is 9.69 Å². The molecule has 136 valence electrons. The third-order valence-electron chi connectivity index (χ3n) is 6.26. The Morgan fingerprint density at radius 3 is 2.64 bits per heavy atom. The summed E-state index contributed by atoms with van der Waals surface area (Å²) in [6.45, 7) is 4.52. The molecule has 3 fully saturated rings. The zero-order valence-corrected chi connectivity index (χ0v) is 15.0. The summed E-state index contributed by atoms with van der Waals surface area (Å²) >= 11 is 0. The minimum atomic E-state index is -0.144. The van der Waals surface area contributed by atoms with Crippen LogP contribution in [0.2, 0.25) is 0 Å². The number of amides is 1. The first-order valence-electron chi connectivity index (χ1n) is 9.38. The number of hydrogen-bond donors (Lipinski definition) is 1. The maximum Gasteiger partial charge on any atom is 0.225 e. The highest BCUT2D eigenvalue weighted by Crippen LogP contribution is 2.44. The Kier molecular flexibility index (Phi) is 4.46. The van der Waals surface area contributed by atoms with E-state index in [2.05, 4.69) is 17.0 Å². The number of nitrogens with zero attached hydrogens (tertiary/aromatic N) is 2. The number of methoxy groups -OCH3 is 1. The Morgan fingerprint density at radius 2 is 2.00 bits per heavy atom. The van der Waals surface area contributed by atoms with E-state index in [4.69, 9.17) is 4.74 Å². The molecule has 0 radical (unpaired) electrons. The van der Waals surface area contributed by atoms with Gasteiger partial charge in [-0.15, -0.1) is 0 Å². The molecule has 0 spiro atoms. The van der Waals surface area contributed by atoms with Gasteiger partial charge in [-0.1, -0.05) is 12.1 Å². The number of aliphatic hydroxyl groups is 1. The van der Waals surface area contributed by atoms with Gasteiger partial charge in [-0.05, 0) is 49.4 Å². The Hall–Kier alpha value is -1.59. The Morgan fingerprint density at radius 1 is 1.24 bits per heavy atom. The van der Waals surface area contributed by atoms with Crippen LogP contribution in [0.5, 0.6) is 5.75 Å². The van der Waals surface area contributed by atoms with Crippen LogP contribution in [-0.4, -0.2) is 60.7 Å². The summed E-state index contributed by atoms with van der Waals surface area (Å²) in [5.41, 5.74) is 1.12. The third kappa shape index (κ3) is 3.27. The standard InChI is InChI=1S/C20H28N2O3/c1-25-18-6-2-15(3-7-18)10-21-9-8-17-11-22(19(24)16-4-5-16)13-20(17,12-21)14-23/h2-3,6-7,16-17,23H,4-5,8-14H2,1H3. The SMILES string of the molecule is COc1ccc(CN2CCC3CN(C(=O)C4CC4)CC3(CO)C2)cc1. The zero-order valence-electron chi connectivity index (χ0n) is 15.0. The van der Waals surface area contributed by atoms with Crippen LogP contribution in [0.15, 0.2) is 24.3 Å². The number of carbonyl (C=O) groups is 1. The smallest absolute Gasteiger partial charge is 0.225 e. The first-order valence-corrected chi connectivity index (χ1v) is 9.38. The molecule has 5 nitrogen and oxygen atoms in total. The van der Waals surface area contributed by atoms with E-state index in [1.165, 1.54) is 5.56 Å². The van der Waals surface area contributed by atoms with E-state index >= 15 is 0 Å². The van der Waals surface area contributed by atoms with Crippen molar-refractivity contribution in [3.8, 4) is 5.75 Å². The molecular formula is C20H28N2O3. The van der Waals surface area contributed by atoms with Crippen molar-refractivity contribution < 1.29 is 14.6 Å². The average molecular weight is 344 g/mol. The molecule has 1 amide bonds. The van der Waals surface area contributed by atoms with Crippen molar-refractivity contribution in [2.24, 2.45) is 17.3 Å². The first kappa shape index (κ1) is 16.9. The van der Waals surface area contributed by atoms with Crippen LogP contribution in [0.3, 0.4) is 0 Å². The summed E-state index contributed by atoms with van der Waals surface area (Å²) < 4.78 is 5.22. The third-order valence-corrected chi connectivity index (χ3v) is 6.26. The lowest BCUT2D eigenvalue weighted by Gasteiger charge is -2.43. The quantitative estimate of drug-likeness (QED) is 0.884. The van der Waals surface area contributed by atoms with Gasteiger partial charge in [0.1, 0.15) is 5.75 Å². The highest BCUT2D eigenvalue weighted by molar-refractivity contribution is 5.81. The van der Waals surface area contributed by atoms with Crippen LogP contribution < -0.4 is 4.74 Å².